The van der Waals surface area contributed by atoms with Gasteiger partial charge in [-0.05, 0) is 30.7 Å². The van der Waals surface area contributed by atoms with Gasteiger partial charge in [0.15, 0.2) is 5.69 Å². The first-order chi connectivity index (χ1) is 13.2. The van der Waals surface area contributed by atoms with Gasteiger partial charge in [-0.25, -0.2) is 4.79 Å². The van der Waals surface area contributed by atoms with E-state index in [1.807, 2.05) is 43.3 Å². The third kappa shape index (κ3) is 4.58. The number of ether oxygens (including phenoxy) is 1. The van der Waals surface area contributed by atoms with E-state index in [1.54, 1.807) is 24.3 Å². The molecule has 0 fully saturated rings. The van der Waals surface area contributed by atoms with Crippen molar-refractivity contribution in [1.82, 2.24) is 15.1 Å². The zero-order valence-corrected chi connectivity index (χ0v) is 15.0. The van der Waals surface area contributed by atoms with E-state index in [2.05, 4.69) is 10.3 Å². The number of nitrogens with zero attached hydrogens (tertiary/aromatic N) is 4. The van der Waals surface area contributed by atoms with Crippen LogP contribution in [0.4, 0.5) is 0 Å². The number of benzene rings is 2. The first-order valence-electron chi connectivity index (χ1n) is 8.75. The summed E-state index contributed by atoms with van der Waals surface area (Å²) < 4.78 is 6.33. The Hall–Kier alpha value is -3.48. The van der Waals surface area contributed by atoms with Crippen LogP contribution in [-0.4, -0.2) is 27.7 Å². The lowest BCUT2D eigenvalue weighted by Gasteiger charge is -2.00. The molecule has 0 aliphatic rings. The van der Waals surface area contributed by atoms with E-state index in [1.165, 1.54) is 15.6 Å². The molecule has 3 rings (SSSR count). The van der Waals surface area contributed by atoms with Gasteiger partial charge in [0.1, 0.15) is 5.69 Å². The number of unbranched alkanes of at least 4 members (excludes halogenated alkanes) is 1. The van der Waals surface area contributed by atoms with Crippen molar-refractivity contribution in [2.75, 3.05) is 6.61 Å². The first kappa shape index (κ1) is 18.3. The average molecular weight is 364 g/mol. The van der Waals surface area contributed by atoms with E-state index in [-0.39, 0.29) is 0 Å². The molecular formula is C20H20N4O3. The van der Waals surface area contributed by atoms with Crippen molar-refractivity contribution in [2.45, 2.75) is 19.8 Å². The maximum Gasteiger partial charge on any atom is 0.330 e. The van der Waals surface area contributed by atoms with E-state index in [0.29, 0.717) is 23.5 Å². The SMILES string of the molecule is CCCCOC(=O)/C=C/c1ccccc1-n1nc([O-])[n+](-c2ccccc2)n1. The highest BCUT2D eigenvalue weighted by atomic mass is 16.5. The number of aromatic nitrogens is 4. The maximum atomic E-state index is 12.2. The smallest absolute Gasteiger partial charge is 0.330 e. The number of hydrogen-bond acceptors (Lipinski definition) is 5. The van der Waals surface area contributed by atoms with Crippen LogP contribution >= 0.6 is 0 Å². The quantitative estimate of drug-likeness (QED) is 0.277. The number of hydrogen-bond donors (Lipinski definition) is 0. The Morgan fingerprint density at radius 3 is 2.70 bits per heavy atom. The molecule has 138 valence electrons. The molecule has 7 nitrogen and oxygen atoms in total. The van der Waals surface area contributed by atoms with Crippen LogP contribution in [0.25, 0.3) is 17.5 Å². The standard InChI is InChI=1S/C20H20N4O3/c1-2-3-15-27-19(25)14-13-16-9-7-8-12-18(16)24-21-20(26)23(22-24)17-10-5-4-6-11-17/h4-14H,2-3,15H2,1H3/b14-13+. The van der Waals surface area contributed by atoms with Crippen LogP contribution in [-0.2, 0) is 9.53 Å². The minimum Gasteiger partial charge on any atom is -0.816 e. The second-order valence-electron chi connectivity index (χ2n) is 5.82. The largest absolute Gasteiger partial charge is 0.816 e. The molecule has 0 spiro atoms. The number of tetrazole rings is 1. The molecule has 7 heteroatoms. The van der Waals surface area contributed by atoms with Crippen molar-refractivity contribution in [3.63, 3.8) is 0 Å². The third-order valence-corrected chi connectivity index (χ3v) is 3.83. The van der Waals surface area contributed by atoms with Crippen molar-refractivity contribution < 1.29 is 19.3 Å². The van der Waals surface area contributed by atoms with Gasteiger partial charge in [-0.2, -0.15) is 0 Å². The molecule has 0 aliphatic heterocycles. The van der Waals surface area contributed by atoms with Gasteiger partial charge in [0, 0.05) is 16.4 Å². The monoisotopic (exact) mass is 364 g/mol. The normalized spacial score (nSPS) is 11.0. The Morgan fingerprint density at radius 1 is 1.19 bits per heavy atom. The zero-order chi connectivity index (χ0) is 19.1. The van der Waals surface area contributed by atoms with Crippen molar-refractivity contribution in [3.8, 4) is 17.4 Å². The summed E-state index contributed by atoms with van der Waals surface area (Å²) >= 11 is 0. The van der Waals surface area contributed by atoms with Crippen LogP contribution in [0, 0.1) is 0 Å². The van der Waals surface area contributed by atoms with Crippen molar-refractivity contribution in [3.05, 3.63) is 66.2 Å². The van der Waals surface area contributed by atoms with Gasteiger partial charge in [0.05, 0.1) is 16.9 Å². The summed E-state index contributed by atoms with van der Waals surface area (Å²) in [6.07, 6.45) is 4.79. The van der Waals surface area contributed by atoms with E-state index < -0.39 is 12.0 Å². The minimum absolute atomic E-state index is 0.401. The number of rotatable bonds is 7. The minimum atomic E-state index is -0.487. The second-order valence-corrected chi connectivity index (χ2v) is 5.82. The van der Waals surface area contributed by atoms with Crippen molar-refractivity contribution in [1.29, 1.82) is 0 Å². The summed E-state index contributed by atoms with van der Waals surface area (Å²) in [5.41, 5.74) is 1.91. The topological polar surface area (TPSA) is 84.0 Å². The van der Waals surface area contributed by atoms with Gasteiger partial charge < -0.3 is 9.84 Å². The molecule has 0 amide bonds. The van der Waals surface area contributed by atoms with E-state index in [9.17, 15) is 9.90 Å². The van der Waals surface area contributed by atoms with Crippen LogP contribution < -0.4 is 9.79 Å². The Morgan fingerprint density at radius 2 is 1.93 bits per heavy atom. The molecule has 0 saturated heterocycles. The number of carbonyl (C=O) groups is 1. The Labute approximate surface area is 157 Å². The molecular weight excluding hydrogens is 344 g/mol. The van der Waals surface area contributed by atoms with Crippen LogP contribution in [0.5, 0.6) is 6.01 Å². The highest BCUT2D eigenvalue weighted by molar-refractivity contribution is 5.87. The third-order valence-electron chi connectivity index (χ3n) is 3.83. The lowest BCUT2D eigenvalue weighted by atomic mass is 10.1. The summed E-state index contributed by atoms with van der Waals surface area (Å²) in [6, 6.07) is 15.8. The average Bonchev–Trinajstić information content (AvgIpc) is 3.09. The van der Waals surface area contributed by atoms with Crippen LogP contribution in [0.1, 0.15) is 25.3 Å². The summed E-state index contributed by atoms with van der Waals surface area (Å²) in [7, 11) is 0. The predicted molar refractivity (Wildman–Crippen MR) is 97.2 cm³/mol. The van der Waals surface area contributed by atoms with E-state index in [4.69, 9.17) is 4.74 Å². The fourth-order valence-corrected chi connectivity index (χ4v) is 2.43. The Balaban J connectivity index is 1.85. The number of para-hydroxylation sites is 2. The number of carbonyl (C=O) groups excluding carboxylic acids is 1. The van der Waals surface area contributed by atoms with Crippen LogP contribution in [0.3, 0.4) is 0 Å². The first-order valence-corrected chi connectivity index (χ1v) is 8.75. The van der Waals surface area contributed by atoms with Gasteiger partial charge in [0.2, 0.25) is 0 Å². The van der Waals surface area contributed by atoms with Gasteiger partial charge in [-0.1, -0.05) is 49.7 Å². The molecule has 2 aromatic carbocycles. The molecule has 0 N–H and O–H groups in total. The maximum absolute atomic E-state index is 12.2. The lowest BCUT2D eigenvalue weighted by molar-refractivity contribution is -0.704. The zero-order valence-electron chi connectivity index (χ0n) is 15.0. The Kier molecular flexibility index (Phi) is 5.94. The van der Waals surface area contributed by atoms with Crippen molar-refractivity contribution in [2.24, 2.45) is 0 Å². The second kappa shape index (κ2) is 8.75. The van der Waals surface area contributed by atoms with Gasteiger partial charge in [0.25, 0.3) is 6.01 Å². The fourth-order valence-electron chi connectivity index (χ4n) is 2.43. The van der Waals surface area contributed by atoms with Gasteiger partial charge in [-0.3, -0.25) is 0 Å². The molecule has 1 aromatic heterocycles. The highest BCUT2D eigenvalue weighted by Gasteiger charge is 2.17. The molecule has 0 unspecified atom stereocenters. The summed E-state index contributed by atoms with van der Waals surface area (Å²) in [5.74, 6) is -0.407. The molecule has 0 aliphatic carbocycles. The lowest BCUT2D eigenvalue weighted by Crippen LogP contribution is -2.36. The molecule has 0 atom stereocenters. The molecule has 0 bridgehead atoms. The van der Waals surface area contributed by atoms with Gasteiger partial charge >= 0.3 is 5.97 Å². The molecule has 27 heavy (non-hydrogen) atoms. The number of esters is 1. The van der Waals surface area contributed by atoms with E-state index >= 15 is 0 Å². The molecule has 1 heterocycles. The van der Waals surface area contributed by atoms with Crippen LogP contribution in [0.15, 0.2) is 60.7 Å². The Bertz CT molecular complexity index is 935. The highest BCUT2D eigenvalue weighted by Crippen LogP contribution is 2.15. The summed E-state index contributed by atoms with van der Waals surface area (Å²) in [6.45, 7) is 2.43. The molecule has 3 aromatic rings. The fraction of sp³-hybridized carbons (Fsp3) is 0.200. The molecule has 0 radical (unpaired) electrons. The summed E-state index contributed by atoms with van der Waals surface area (Å²) in [5, 5.41) is 20.4. The van der Waals surface area contributed by atoms with E-state index in [0.717, 1.165) is 12.8 Å². The van der Waals surface area contributed by atoms with Gasteiger partial charge in [-0.15, -0.1) is 4.68 Å². The van der Waals surface area contributed by atoms with Crippen LogP contribution in [0.2, 0.25) is 0 Å². The van der Waals surface area contributed by atoms with Crippen molar-refractivity contribution >= 4 is 12.0 Å². The predicted octanol–water partition coefficient (Wildman–Crippen LogP) is 1.97. The summed E-state index contributed by atoms with van der Waals surface area (Å²) in [4.78, 5) is 13.0. The molecule has 0 saturated carbocycles.